The van der Waals surface area contributed by atoms with E-state index in [4.69, 9.17) is 15.2 Å². The van der Waals surface area contributed by atoms with Gasteiger partial charge in [-0.25, -0.2) is 8.42 Å². The number of nitrogens with zero attached hydrogens (tertiary/aromatic N) is 1. The van der Waals surface area contributed by atoms with Crippen molar-refractivity contribution in [2.24, 2.45) is 5.73 Å². The normalized spacial score (nSPS) is 20.4. The topological polar surface area (TPSA) is 81.9 Å². The highest BCUT2D eigenvalue weighted by molar-refractivity contribution is 7.89. The third kappa shape index (κ3) is 3.81. The number of sulfonamides is 1. The Balaban J connectivity index is 0.00000243. The quantitative estimate of drug-likeness (QED) is 0.835. The van der Waals surface area contributed by atoms with Crippen molar-refractivity contribution in [1.29, 1.82) is 0 Å². The van der Waals surface area contributed by atoms with Gasteiger partial charge in [0.2, 0.25) is 10.0 Å². The monoisotopic (exact) mass is 398 g/mol. The molecule has 1 heterocycles. The number of hydrogen-bond acceptors (Lipinski definition) is 5. The van der Waals surface area contributed by atoms with Crippen molar-refractivity contribution in [3.8, 4) is 11.5 Å². The van der Waals surface area contributed by atoms with Gasteiger partial charge in [0.25, 0.3) is 0 Å². The van der Waals surface area contributed by atoms with Crippen LogP contribution >= 0.6 is 12.4 Å². The van der Waals surface area contributed by atoms with Crippen molar-refractivity contribution in [1.82, 2.24) is 4.31 Å². The van der Waals surface area contributed by atoms with Crippen LogP contribution in [0.3, 0.4) is 0 Å². The highest BCUT2D eigenvalue weighted by Gasteiger charge is 2.38. The lowest BCUT2D eigenvalue weighted by Gasteiger charge is -2.17. The third-order valence-corrected chi connectivity index (χ3v) is 6.38. The first-order valence-corrected chi connectivity index (χ1v) is 9.44. The number of ether oxygens (including phenoxy) is 2. The van der Waals surface area contributed by atoms with Crippen LogP contribution < -0.4 is 15.2 Å². The van der Waals surface area contributed by atoms with Crippen molar-refractivity contribution in [3.05, 3.63) is 54.1 Å². The van der Waals surface area contributed by atoms with E-state index >= 15 is 0 Å². The fourth-order valence-electron chi connectivity index (χ4n) is 3.17. The minimum Gasteiger partial charge on any atom is -0.493 e. The molecule has 0 amide bonds. The van der Waals surface area contributed by atoms with Gasteiger partial charge in [0, 0.05) is 31.1 Å². The van der Waals surface area contributed by atoms with Crippen LogP contribution in [0, 0.1) is 0 Å². The van der Waals surface area contributed by atoms with Gasteiger partial charge in [-0.15, -0.1) is 12.4 Å². The number of halogens is 1. The number of benzene rings is 2. The lowest BCUT2D eigenvalue weighted by molar-refractivity contribution is 0.353. The molecule has 2 atom stereocenters. The Morgan fingerprint density at radius 1 is 1.00 bits per heavy atom. The van der Waals surface area contributed by atoms with Crippen molar-refractivity contribution in [3.63, 3.8) is 0 Å². The molecule has 0 saturated carbocycles. The Morgan fingerprint density at radius 3 is 2.27 bits per heavy atom. The van der Waals surface area contributed by atoms with Gasteiger partial charge in [-0.1, -0.05) is 30.3 Å². The van der Waals surface area contributed by atoms with Crippen molar-refractivity contribution in [2.75, 3.05) is 27.3 Å². The van der Waals surface area contributed by atoms with Crippen LogP contribution in [0.25, 0.3) is 0 Å². The lowest BCUT2D eigenvalue weighted by Crippen LogP contribution is -2.32. The lowest BCUT2D eigenvalue weighted by atomic mass is 9.95. The average molecular weight is 399 g/mol. The summed E-state index contributed by atoms with van der Waals surface area (Å²) in [6, 6.07) is 14.1. The summed E-state index contributed by atoms with van der Waals surface area (Å²) in [6.07, 6.45) is 0. The van der Waals surface area contributed by atoms with Gasteiger partial charge in [0.15, 0.2) is 11.5 Å². The van der Waals surface area contributed by atoms with Crippen LogP contribution in [0.5, 0.6) is 11.5 Å². The van der Waals surface area contributed by atoms with Crippen molar-refractivity contribution in [2.45, 2.75) is 16.9 Å². The number of nitrogens with two attached hydrogens (primary N) is 1. The van der Waals surface area contributed by atoms with Crippen molar-refractivity contribution >= 4 is 22.4 Å². The number of hydrogen-bond donors (Lipinski definition) is 1. The van der Waals surface area contributed by atoms with Crippen molar-refractivity contribution < 1.29 is 17.9 Å². The highest BCUT2D eigenvalue weighted by atomic mass is 35.5. The van der Waals surface area contributed by atoms with Gasteiger partial charge >= 0.3 is 0 Å². The Labute approximate surface area is 160 Å². The smallest absolute Gasteiger partial charge is 0.243 e. The highest BCUT2D eigenvalue weighted by Crippen LogP contribution is 2.34. The van der Waals surface area contributed by atoms with Gasteiger partial charge in [0.1, 0.15) is 0 Å². The van der Waals surface area contributed by atoms with Gasteiger partial charge in [-0.3, -0.25) is 0 Å². The summed E-state index contributed by atoms with van der Waals surface area (Å²) in [4.78, 5) is 0.172. The molecule has 0 unspecified atom stereocenters. The molecule has 2 aromatic carbocycles. The van der Waals surface area contributed by atoms with Crippen LogP contribution in [0.15, 0.2) is 53.4 Å². The van der Waals surface area contributed by atoms with E-state index in [1.807, 2.05) is 30.3 Å². The standard InChI is InChI=1S/C18H22N2O4S.ClH/c1-23-17-9-8-14(10-18(17)24-2)25(21,22)20-11-15(16(19)12-20)13-6-4-3-5-7-13;/h3-10,15-16H,11-12,19H2,1-2H3;1H/t15-,16+;/m0./s1. The maximum absolute atomic E-state index is 13.0. The molecule has 1 saturated heterocycles. The molecule has 0 aromatic heterocycles. The summed E-state index contributed by atoms with van der Waals surface area (Å²) in [5, 5.41) is 0. The molecular weight excluding hydrogens is 376 g/mol. The first-order chi connectivity index (χ1) is 12.0. The maximum atomic E-state index is 13.0. The zero-order valence-corrected chi connectivity index (χ0v) is 16.3. The summed E-state index contributed by atoms with van der Waals surface area (Å²) in [7, 11) is -0.665. The minimum absolute atomic E-state index is 0. The van der Waals surface area contributed by atoms with Crippen LogP contribution in [0.1, 0.15) is 11.5 Å². The largest absolute Gasteiger partial charge is 0.493 e. The molecular formula is C18H23ClN2O4S. The molecule has 142 valence electrons. The summed E-state index contributed by atoms with van der Waals surface area (Å²) in [5.41, 5.74) is 7.28. The van der Waals surface area contributed by atoms with Gasteiger partial charge < -0.3 is 15.2 Å². The SMILES string of the molecule is COc1ccc(S(=O)(=O)N2C[C@@H](N)[C@H](c3ccccc3)C2)cc1OC.Cl. The molecule has 1 fully saturated rings. The third-order valence-electron chi connectivity index (χ3n) is 4.55. The van der Waals surface area contributed by atoms with Gasteiger partial charge in [0.05, 0.1) is 19.1 Å². The summed E-state index contributed by atoms with van der Waals surface area (Å²) >= 11 is 0. The Hall–Kier alpha value is -1.80. The second-order valence-electron chi connectivity index (χ2n) is 6.02. The fraction of sp³-hybridized carbons (Fsp3) is 0.333. The molecule has 6 nitrogen and oxygen atoms in total. The second kappa shape index (κ2) is 8.26. The first kappa shape index (κ1) is 20.5. The average Bonchev–Trinajstić information content (AvgIpc) is 3.04. The molecule has 3 rings (SSSR count). The van der Waals surface area contributed by atoms with Crippen LogP contribution in [0.2, 0.25) is 0 Å². The Kier molecular flexibility index (Phi) is 6.52. The van der Waals surface area contributed by atoms with Gasteiger partial charge in [-0.05, 0) is 17.7 Å². The number of rotatable bonds is 5. The number of methoxy groups -OCH3 is 2. The first-order valence-electron chi connectivity index (χ1n) is 8.00. The zero-order valence-electron chi connectivity index (χ0n) is 14.7. The van der Waals surface area contributed by atoms with E-state index in [1.165, 1.54) is 30.7 Å². The molecule has 1 aliphatic heterocycles. The molecule has 8 heteroatoms. The van der Waals surface area contributed by atoms with Crippen LogP contribution in [0.4, 0.5) is 0 Å². The molecule has 2 aromatic rings. The van der Waals surface area contributed by atoms with E-state index in [9.17, 15) is 8.42 Å². The van der Waals surface area contributed by atoms with E-state index in [1.54, 1.807) is 6.07 Å². The minimum atomic E-state index is -3.65. The van der Waals surface area contributed by atoms with E-state index in [2.05, 4.69) is 0 Å². The molecule has 0 radical (unpaired) electrons. The van der Waals surface area contributed by atoms with E-state index < -0.39 is 10.0 Å². The predicted octanol–water partition coefficient (Wildman–Crippen LogP) is 2.24. The second-order valence-corrected chi connectivity index (χ2v) is 7.96. The summed E-state index contributed by atoms with van der Waals surface area (Å²) < 4.78 is 37.8. The van der Waals surface area contributed by atoms with Gasteiger partial charge in [-0.2, -0.15) is 4.31 Å². The van der Waals surface area contributed by atoms with E-state index in [-0.39, 0.29) is 35.8 Å². The predicted molar refractivity (Wildman–Crippen MR) is 103 cm³/mol. The van der Waals surface area contributed by atoms with E-state index in [0.29, 0.717) is 18.0 Å². The molecule has 2 N–H and O–H groups in total. The van der Waals surface area contributed by atoms with Crippen LogP contribution in [-0.2, 0) is 10.0 Å². The van der Waals surface area contributed by atoms with E-state index in [0.717, 1.165) is 5.56 Å². The summed E-state index contributed by atoms with van der Waals surface area (Å²) in [5.74, 6) is 0.851. The zero-order chi connectivity index (χ0) is 18.0. The molecule has 0 bridgehead atoms. The Bertz CT molecular complexity index is 846. The molecule has 0 aliphatic carbocycles. The van der Waals surface area contributed by atoms with Crippen LogP contribution in [-0.4, -0.2) is 46.1 Å². The molecule has 1 aliphatic rings. The Morgan fingerprint density at radius 2 is 1.65 bits per heavy atom. The molecule has 0 spiro atoms. The summed E-state index contributed by atoms with van der Waals surface area (Å²) in [6.45, 7) is 0.651. The fourth-order valence-corrected chi connectivity index (χ4v) is 4.69. The maximum Gasteiger partial charge on any atom is 0.243 e. The molecule has 26 heavy (non-hydrogen) atoms.